The minimum atomic E-state index is -0.307. The van der Waals surface area contributed by atoms with Gasteiger partial charge in [0.15, 0.2) is 5.82 Å². The van der Waals surface area contributed by atoms with E-state index in [1.165, 1.54) is 60.8 Å². The Labute approximate surface area is 408 Å². The molecule has 11 aromatic carbocycles. The molecule has 12 aromatic rings. The fourth-order valence-electron chi connectivity index (χ4n) is 11.0. The Morgan fingerprint density at radius 1 is 0.271 bits per heavy atom. The van der Waals surface area contributed by atoms with Gasteiger partial charge in [0, 0.05) is 22.1 Å². The molecule has 1 unspecified atom stereocenters. The van der Waals surface area contributed by atoms with Crippen LogP contribution >= 0.6 is 0 Å². The Morgan fingerprint density at radius 2 is 0.771 bits per heavy atom. The number of benzene rings is 11. The van der Waals surface area contributed by atoms with E-state index in [1.54, 1.807) is 0 Å². The molecule has 13 rings (SSSR count). The summed E-state index contributed by atoms with van der Waals surface area (Å²) in [5.74, 6) is 0.692. The fourth-order valence-corrected chi connectivity index (χ4v) is 11.0. The molecule has 0 saturated carbocycles. The molecule has 2 heteroatoms. The first-order chi connectivity index (χ1) is 34.6. The number of hydrogen-bond donors (Lipinski definition) is 0. The van der Waals surface area contributed by atoms with E-state index in [1.807, 2.05) is 6.07 Å². The van der Waals surface area contributed by atoms with E-state index < -0.39 is 0 Å². The Kier molecular flexibility index (Phi) is 9.99. The second kappa shape index (κ2) is 17.0. The fraction of sp³-hybridized carbons (Fsp3) is 0.0294. The summed E-state index contributed by atoms with van der Waals surface area (Å²) in [6.45, 7) is 2.40. The van der Waals surface area contributed by atoms with Gasteiger partial charge in [0.05, 0.1) is 11.4 Å². The lowest BCUT2D eigenvalue weighted by atomic mass is 9.74. The van der Waals surface area contributed by atoms with Gasteiger partial charge in [-0.2, -0.15) is 0 Å². The first-order valence-electron chi connectivity index (χ1n) is 24.1. The van der Waals surface area contributed by atoms with Gasteiger partial charge in [0.1, 0.15) is 0 Å². The number of rotatable bonds is 8. The highest BCUT2D eigenvalue weighted by Crippen LogP contribution is 2.53. The van der Waals surface area contributed by atoms with E-state index in [2.05, 4.69) is 262 Å². The predicted octanol–water partition coefficient (Wildman–Crippen LogP) is 17.8. The summed E-state index contributed by atoms with van der Waals surface area (Å²) in [7, 11) is 0. The smallest absolute Gasteiger partial charge is 0.160 e. The normalized spacial score (nSPS) is 13.8. The summed E-state index contributed by atoms with van der Waals surface area (Å²) < 4.78 is 0. The standard InChI is InChI=1S/C68H46N2/c1-68(54-25-9-4-10-26-54)63-32-18-17-30-59(63)60-36-35-50(43-64(60)68)52-40-51(49-34-33-45-19-11-12-24-48(45)39-49)41-53(42-52)56-37-38-62(58-29-15-14-28-57(56)58)66-44-65(69-67(70-66)47-22-7-3-8-23-47)61-31-16-13-27-55(61)46-20-5-2-6-21-46/h2-44H,1H3. The van der Waals surface area contributed by atoms with E-state index in [0.717, 1.165) is 61.1 Å². The quantitative estimate of drug-likeness (QED) is 0.152. The molecule has 0 radical (unpaired) electrons. The third-order valence-corrected chi connectivity index (χ3v) is 14.6. The van der Waals surface area contributed by atoms with Gasteiger partial charge in [-0.1, -0.05) is 224 Å². The molecule has 0 spiro atoms. The lowest BCUT2D eigenvalue weighted by Crippen LogP contribution is -2.22. The Hall–Kier alpha value is -8.98. The minimum absolute atomic E-state index is 0.307. The summed E-state index contributed by atoms with van der Waals surface area (Å²) in [4.78, 5) is 10.6. The second-order valence-electron chi connectivity index (χ2n) is 18.6. The lowest BCUT2D eigenvalue weighted by Gasteiger charge is -2.28. The average molecular weight is 891 g/mol. The second-order valence-corrected chi connectivity index (χ2v) is 18.6. The molecule has 0 bridgehead atoms. The zero-order chi connectivity index (χ0) is 46.6. The molecular weight excluding hydrogens is 845 g/mol. The largest absolute Gasteiger partial charge is 0.228 e. The summed E-state index contributed by atoms with van der Waals surface area (Å²) >= 11 is 0. The van der Waals surface area contributed by atoms with Crippen LogP contribution in [0.2, 0.25) is 0 Å². The van der Waals surface area contributed by atoms with Crippen molar-refractivity contribution in [3.8, 4) is 89.5 Å². The highest BCUT2D eigenvalue weighted by molar-refractivity contribution is 6.06. The van der Waals surface area contributed by atoms with E-state index in [9.17, 15) is 0 Å². The van der Waals surface area contributed by atoms with Crippen LogP contribution in [0.3, 0.4) is 0 Å². The third-order valence-electron chi connectivity index (χ3n) is 14.6. The molecule has 1 atom stereocenters. The molecule has 0 fully saturated rings. The number of hydrogen-bond acceptors (Lipinski definition) is 2. The summed E-state index contributed by atoms with van der Waals surface area (Å²) in [6.07, 6.45) is 0. The minimum Gasteiger partial charge on any atom is -0.228 e. The molecule has 328 valence electrons. The first kappa shape index (κ1) is 41.2. The van der Waals surface area contributed by atoms with Crippen LogP contribution in [0.1, 0.15) is 23.6 Å². The van der Waals surface area contributed by atoms with Crippen LogP contribution in [0, 0.1) is 0 Å². The highest BCUT2D eigenvalue weighted by Gasteiger charge is 2.40. The van der Waals surface area contributed by atoms with Crippen LogP contribution in [0.25, 0.3) is 111 Å². The van der Waals surface area contributed by atoms with Crippen LogP contribution in [-0.2, 0) is 5.41 Å². The van der Waals surface area contributed by atoms with Gasteiger partial charge in [0.25, 0.3) is 0 Å². The summed E-state index contributed by atoms with van der Waals surface area (Å²) in [5, 5.41) is 4.75. The van der Waals surface area contributed by atoms with E-state index in [4.69, 9.17) is 9.97 Å². The van der Waals surface area contributed by atoms with Crippen LogP contribution in [0.4, 0.5) is 0 Å². The Morgan fingerprint density at radius 3 is 1.51 bits per heavy atom. The van der Waals surface area contributed by atoms with Gasteiger partial charge in [-0.05, 0) is 137 Å². The monoisotopic (exact) mass is 890 g/mol. The highest BCUT2D eigenvalue weighted by atomic mass is 14.9. The maximum Gasteiger partial charge on any atom is 0.160 e. The molecule has 1 heterocycles. The van der Waals surface area contributed by atoms with E-state index >= 15 is 0 Å². The first-order valence-corrected chi connectivity index (χ1v) is 24.1. The Balaban J connectivity index is 1.00. The summed E-state index contributed by atoms with van der Waals surface area (Å²) in [5.41, 5.74) is 20.4. The van der Waals surface area contributed by atoms with Crippen LogP contribution in [-0.4, -0.2) is 9.97 Å². The third kappa shape index (κ3) is 7.04. The maximum absolute atomic E-state index is 5.35. The molecule has 0 saturated heterocycles. The molecule has 0 aliphatic heterocycles. The molecule has 2 nitrogen and oxygen atoms in total. The topological polar surface area (TPSA) is 25.8 Å². The van der Waals surface area contributed by atoms with Crippen molar-refractivity contribution in [2.24, 2.45) is 0 Å². The molecule has 1 aliphatic rings. The maximum atomic E-state index is 5.35. The van der Waals surface area contributed by atoms with Crippen molar-refractivity contribution in [2.45, 2.75) is 12.3 Å². The van der Waals surface area contributed by atoms with Crippen molar-refractivity contribution in [3.63, 3.8) is 0 Å². The molecule has 1 aromatic heterocycles. The van der Waals surface area contributed by atoms with Crippen molar-refractivity contribution >= 4 is 21.5 Å². The van der Waals surface area contributed by atoms with Crippen molar-refractivity contribution in [3.05, 3.63) is 278 Å². The van der Waals surface area contributed by atoms with Crippen LogP contribution in [0.15, 0.2) is 261 Å². The van der Waals surface area contributed by atoms with Gasteiger partial charge in [-0.25, -0.2) is 9.97 Å². The van der Waals surface area contributed by atoms with Crippen LogP contribution < -0.4 is 0 Å². The number of nitrogens with zero attached hydrogens (tertiary/aromatic N) is 2. The van der Waals surface area contributed by atoms with Crippen molar-refractivity contribution < 1.29 is 0 Å². The van der Waals surface area contributed by atoms with Gasteiger partial charge >= 0.3 is 0 Å². The lowest BCUT2D eigenvalue weighted by molar-refractivity contribution is 0.714. The van der Waals surface area contributed by atoms with Gasteiger partial charge in [0.2, 0.25) is 0 Å². The van der Waals surface area contributed by atoms with Crippen LogP contribution in [0.5, 0.6) is 0 Å². The molecular formula is C68H46N2. The molecule has 1 aliphatic carbocycles. The van der Waals surface area contributed by atoms with Gasteiger partial charge in [-0.3, -0.25) is 0 Å². The zero-order valence-electron chi connectivity index (χ0n) is 38.7. The average Bonchev–Trinajstić information content (AvgIpc) is 3.70. The molecule has 70 heavy (non-hydrogen) atoms. The predicted molar refractivity (Wildman–Crippen MR) is 293 cm³/mol. The van der Waals surface area contributed by atoms with Gasteiger partial charge < -0.3 is 0 Å². The molecule has 0 amide bonds. The SMILES string of the molecule is CC1(c2ccccc2)c2ccccc2-c2ccc(-c3cc(-c4ccc5ccccc5c4)cc(-c4ccc(-c5cc(-c6ccccc6-c6ccccc6)nc(-c6ccccc6)n5)c5ccccc45)c3)cc21. The van der Waals surface area contributed by atoms with Crippen molar-refractivity contribution in [2.75, 3.05) is 0 Å². The number of aromatic nitrogens is 2. The van der Waals surface area contributed by atoms with E-state index in [0.29, 0.717) is 5.82 Å². The van der Waals surface area contributed by atoms with Crippen molar-refractivity contribution in [1.82, 2.24) is 9.97 Å². The molecule has 0 N–H and O–H groups in total. The van der Waals surface area contributed by atoms with Gasteiger partial charge in [-0.15, -0.1) is 0 Å². The summed E-state index contributed by atoms with van der Waals surface area (Å²) in [6, 6.07) is 94.7. The van der Waals surface area contributed by atoms with Crippen molar-refractivity contribution in [1.29, 1.82) is 0 Å². The van der Waals surface area contributed by atoms with E-state index in [-0.39, 0.29) is 5.41 Å². The number of fused-ring (bicyclic) bond motifs is 5. The zero-order valence-corrected chi connectivity index (χ0v) is 38.7. The Bertz CT molecular complexity index is 3950.